The summed E-state index contributed by atoms with van der Waals surface area (Å²) in [6.45, 7) is 10.1. The molecule has 1 atom stereocenters. The molecule has 0 aliphatic rings. The maximum Gasteiger partial charge on any atom is 0.160 e. The van der Waals surface area contributed by atoms with Crippen molar-refractivity contribution < 1.29 is 4.74 Å². The summed E-state index contributed by atoms with van der Waals surface area (Å²) >= 11 is 0. The van der Waals surface area contributed by atoms with Crippen LogP contribution in [0, 0.1) is 0 Å². The first-order valence-electron chi connectivity index (χ1n) is 4.58. The summed E-state index contributed by atoms with van der Waals surface area (Å²) in [6.07, 6.45) is 6.39. The van der Waals surface area contributed by atoms with Gasteiger partial charge in [-0.15, -0.1) is 0 Å². The third-order valence-corrected chi connectivity index (χ3v) is 3.73. The zero-order valence-electron chi connectivity index (χ0n) is 9.63. The van der Waals surface area contributed by atoms with Crippen LogP contribution in [0.2, 0.25) is 19.6 Å². The van der Waals surface area contributed by atoms with E-state index in [1.54, 1.807) is 7.11 Å². The van der Waals surface area contributed by atoms with Gasteiger partial charge in [0.15, 0.2) is 6.29 Å². The van der Waals surface area contributed by atoms with Crippen LogP contribution in [0.15, 0.2) is 0 Å². The summed E-state index contributed by atoms with van der Waals surface area (Å²) < 4.78 is 5.18. The summed E-state index contributed by atoms with van der Waals surface area (Å²) in [6, 6.07) is 0. The Labute approximate surface area is 84.7 Å². The molecule has 4 heteroatoms. The molecule has 2 nitrogen and oxygen atoms in total. The second-order valence-electron chi connectivity index (χ2n) is 4.80. The first-order valence-corrected chi connectivity index (χ1v) is 10.4. The lowest BCUT2D eigenvalue weighted by molar-refractivity contribution is 0.0880. The van der Waals surface area contributed by atoms with Crippen LogP contribution in [-0.2, 0) is 4.74 Å². The van der Waals surface area contributed by atoms with Crippen molar-refractivity contribution in [3.8, 4) is 0 Å². The summed E-state index contributed by atoms with van der Waals surface area (Å²) in [4.78, 5) is 2.39. The highest BCUT2D eigenvalue weighted by molar-refractivity contribution is 7.54. The lowest BCUT2D eigenvalue weighted by atomic mass is 10.9. The van der Waals surface area contributed by atoms with Crippen LogP contribution in [0.3, 0.4) is 0 Å². The van der Waals surface area contributed by atoms with Crippen LogP contribution in [0.4, 0.5) is 0 Å². The van der Waals surface area contributed by atoms with Crippen LogP contribution >= 0.6 is 7.55 Å². The Kier molecular flexibility index (Phi) is 6.06. The Morgan fingerprint density at radius 3 is 2.23 bits per heavy atom. The van der Waals surface area contributed by atoms with Gasteiger partial charge in [-0.1, -0.05) is 19.6 Å². The predicted molar refractivity (Wildman–Crippen MR) is 66.8 cm³/mol. The largest absolute Gasteiger partial charge is 0.369 e. The highest BCUT2D eigenvalue weighted by atomic mass is 31.1. The van der Waals surface area contributed by atoms with Crippen molar-refractivity contribution in [3.05, 3.63) is 0 Å². The molecule has 0 aromatic carbocycles. The van der Waals surface area contributed by atoms with Gasteiger partial charge in [0.2, 0.25) is 0 Å². The van der Waals surface area contributed by atoms with E-state index < -0.39 is 8.07 Å². The van der Waals surface area contributed by atoms with Gasteiger partial charge >= 0.3 is 0 Å². The van der Waals surface area contributed by atoms with Gasteiger partial charge in [0.25, 0.3) is 0 Å². The number of rotatable bonds is 6. The van der Waals surface area contributed by atoms with Crippen molar-refractivity contribution in [1.82, 2.24) is 4.90 Å². The Bertz CT molecular complexity index is 167. The average molecular weight is 220 g/mol. The van der Waals surface area contributed by atoms with Crippen molar-refractivity contribution in [3.63, 3.8) is 0 Å². The average Bonchev–Trinajstić information content (AvgIpc) is 1.81. The minimum atomic E-state index is -0.996. The summed E-state index contributed by atoms with van der Waals surface area (Å²) in [7, 11) is 0.680. The minimum Gasteiger partial charge on any atom is -0.369 e. The Balaban J connectivity index is 4.01. The normalized spacial score (nSPS) is 13.5. The third kappa shape index (κ3) is 8.63. The van der Waals surface area contributed by atoms with Crippen molar-refractivity contribution in [2.45, 2.75) is 19.6 Å². The smallest absolute Gasteiger partial charge is 0.160 e. The fourth-order valence-electron chi connectivity index (χ4n) is 1.33. The molecule has 0 N–H and O–H groups in total. The van der Waals surface area contributed by atoms with Gasteiger partial charge in [0.1, 0.15) is 6.73 Å². The van der Waals surface area contributed by atoms with Crippen LogP contribution < -0.4 is 0 Å². The number of ether oxygens (including phenoxy) is 1. The molecule has 0 aliphatic carbocycles. The van der Waals surface area contributed by atoms with Crippen LogP contribution in [0.25, 0.3) is 0 Å². The van der Waals surface area contributed by atoms with Gasteiger partial charge in [-0.3, -0.25) is 0 Å². The van der Waals surface area contributed by atoms with E-state index in [4.69, 9.17) is 4.74 Å². The second kappa shape index (κ2) is 5.92. The lowest BCUT2D eigenvalue weighted by Crippen LogP contribution is -2.40. The quantitative estimate of drug-likeness (QED) is 0.387. The maximum atomic E-state index is 5.18. The van der Waals surface area contributed by atoms with E-state index in [0.717, 1.165) is 13.0 Å². The van der Waals surface area contributed by atoms with Crippen LogP contribution in [0.5, 0.6) is 0 Å². The van der Waals surface area contributed by atoms with Gasteiger partial charge < -0.3 is 4.74 Å². The molecule has 0 heterocycles. The van der Waals surface area contributed by atoms with E-state index in [-0.39, 0.29) is 7.55 Å². The maximum absolute atomic E-state index is 5.18. The summed E-state index contributed by atoms with van der Waals surface area (Å²) in [5, 5.41) is 0. The molecule has 0 aromatic rings. The fourth-order valence-corrected chi connectivity index (χ4v) is 3.93. The monoisotopic (exact) mass is 220 g/mol. The fraction of sp³-hybridized carbons (Fsp3) is 0.889. The van der Waals surface area contributed by atoms with E-state index in [9.17, 15) is 0 Å². The molecule has 0 bridgehead atoms. The molecule has 13 heavy (non-hydrogen) atoms. The lowest BCUT2D eigenvalue weighted by Gasteiger charge is -2.25. The molecule has 0 saturated heterocycles. The topological polar surface area (TPSA) is 12.5 Å². The van der Waals surface area contributed by atoms with Crippen molar-refractivity contribution in [2.24, 2.45) is 0 Å². The molecule has 0 amide bonds. The van der Waals surface area contributed by atoms with Crippen molar-refractivity contribution in [2.75, 3.05) is 33.0 Å². The zero-order chi connectivity index (χ0) is 10.5. The van der Waals surface area contributed by atoms with E-state index >= 15 is 0 Å². The van der Waals surface area contributed by atoms with Crippen molar-refractivity contribution >= 4 is 21.9 Å². The second-order valence-corrected chi connectivity index (χ2v) is 12.2. The summed E-state index contributed by atoms with van der Waals surface area (Å²) in [5.74, 6) is 0. The van der Waals surface area contributed by atoms with Crippen LogP contribution in [0.1, 0.15) is 0 Å². The predicted octanol–water partition coefficient (Wildman–Crippen LogP) is 2.27. The third-order valence-electron chi connectivity index (χ3n) is 1.45. The standard InChI is InChI=1S/C9H23NOPSi/c1-11-7-10(8-12(2)3)9-13(4,5)6/h2,7-9H2,1,3-6H3/q+1. The first-order chi connectivity index (χ1) is 5.85. The van der Waals surface area contributed by atoms with Gasteiger partial charge in [-0.05, 0) is 6.17 Å². The number of methoxy groups -OCH3 is 1. The molecule has 0 aromatic heterocycles. The highest BCUT2D eigenvalue weighted by Crippen LogP contribution is 2.16. The van der Waals surface area contributed by atoms with Gasteiger partial charge in [0.05, 0.1) is 28.6 Å². The van der Waals surface area contributed by atoms with Crippen molar-refractivity contribution in [1.29, 1.82) is 0 Å². The van der Waals surface area contributed by atoms with E-state index in [1.807, 2.05) is 0 Å². The molecule has 0 saturated carbocycles. The van der Waals surface area contributed by atoms with E-state index in [1.165, 1.54) is 6.17 Å². The van der Waals surface area contributed by atoms with E-state index in [0.29, 0.717) is 0 Å². The van der Waals surface area contributed by atoms with Crippen LogP contribution in [-0.4, -0.2) is 52.2 Å². The Morgan fingerprint density at radius 1 is 1.38 bits per heavy atom. The highest BCUT2D eigenvalue weighted by Gasteiger charge is 2.20. The SMILES string of the molecule is C=[P+](C)CN(COC)C[Si](C)(C)C. The van der Waals surface area contributed by atoms with Gasteiger partial charge in [0, 0.05) is 7.11 Å². The Morgan fingerprint density at radius 2 is 1.92 bits per heavy atom. The zero-order valence-corrected chi connectivity index (χ0v) is 11.5. The molecular weight excluding hydrogens is 197 g/mol. The number of hydrogen-bond acceptors (Lipinski definition) is 2. The minimum absolute atomic E-state index is 0.0862. The van der Waals surface area contributed by atoms with E-state index in [2.05, 4.69) is 37.5 Å². The molecule has 0 aliphatic heterocycles. The molecule has 0 spiro atoms. The molecule has 0 rings (SSSR count). The first kappa shape index (κ1) is 13.3. The molecule has 0 radical (unpaired) electrons. The Hall–Kier alpha value is 0.307. The molecule has 78 valence electrons. The molecular formula is C9H23NOPSi+. The number of hydrogen-bond donors (Lipinski definition) is 0. The van der Waals surface area contributed by atoms with Gasteiger partial charge in [-0.2, -0.15) is 0 Å². The van der Waals surface area contributed by atoms with Gasteiger partial charge in [-0.25, -0.2) is 4.90 Å². The number of nitrogens with zero attached hydrogens (tertiary/aromatic N) is 1. The summed E-state index contributed by atoms with van der Waals surface area (Å²) in [5.41, 5.74) is 0. The molecule has 0 fully saturated rings. The molecule has 1 unspecified atom stereocenters.